The van der Waals surface area contributed by atoms with E-state index in [1.54, 1.807) is 0 Å². The Balaban J connectivity index is 1.20. The van der Waals surface area contributed by atoms with Gasteiger partial charge in [-0.2, -0.15) is 45.3 Å². The van der Waals surface area contributed by atoms with Crippen LogP contribution in [0.25, 0.3) is 22.0 Å². The van der Waals surface area contributed by atoms with Gasteiger partial charge >= 0.3 is 12.4 Å². The van der Waals surface area contributed by atoms with Crippen molar-refractivity contribution in [2.24, 2.45) is 5.92 Å². The number of nitrogens with zero attached hydrogens (tertiary/aromatic N) is 5. The first kappa shape index (κ1) is 48.1. The van der Waals surface area contributed by atoms with E-state index in [2.05, 4.69) is 20.2 Å². The van der Waals surface area contributed by atoms with Crippen molar-refractivity contribution in [2.45, 2.75) is 124 Å². The van der Waals surface area contributed by atoms with Crippen molar-refractivity contribution in [3.8, 4) is 11.1 Å². The standard InChI is InChI=1S/C43H40ClF10N7O5S2/c1-40(2,67(63,64)24-4-5-24)12-11-23-3-8-26(27-9-10-30(44)34-36(27)61(19-41(47,48)49)58-39(34)59-68(65,66)25-6-7-25)35(55-23)31(15-20-13-21(45)16-22(46)14-20)56-32(62)18-60-38-33(37(57-60)43(52,53)54)28-17-29(28)42(38,50)51/h3,8-10,13-14,16,24-25,28-29,31H,4-7,11-12,15,17-19H2,1-2H3,(H,56,62)(H,58,59)/t28?,29-,31+/m1/s1. The Morgan fingerprint density at radius 2 is 1.54 bits per heavy atom. The molecule has 3 aromatic heterocycles. The van der Waals surface area contributed by atoms with Crippen LogP contribution in [0, 0.1) is 17.6 Å². The Labute approximate surface area is 386 Å². The predicted octanol–water partition coefficient (Wildman–Crippen LogP) is 9.31. The van der Waals surface area contributed by atoms with Crippen molar-refractivity contribution >= 4 is 54.1 Å². The Kier molecular flexibility index (Phi) is 11.5. The number of alkyl halides is 8. The normalized spacial score (nSPS) is 19.8. The van der Waals surface area contributed by atoms with Crippen LogP contribution in [0.3, 0.4) is 0 Å². The van der Waals surface area contributed by atoms with Crippen molar-refractivity contribution in [3.63, 3.8) is 0 Å². The number of sulfone groups is 1. The van der Waals surface area contributed by atoms with E-state index in [0.717, 1.165) is 12.1 Å². The average Bonchev–Trinajstić information content (AvgIpc) is 4.10. The summed E-state index contributed by atoms with van der Waals surface area (Å²) in [6, 6.07) is 5.95. The highest BCUT2D eigenvalue weighted by Crippen LogP contribution is 2.68. The molecule has 0 bridgehead atoms. The van der Waals surface area contributed by atoms with Crippen LogP contribution in [0.5, 0.6) is 0 Å². The zero-order valence-corrected chi connectivity index (χ0v) is 38.1. The zero-order valence-electron chi connectivity index (χ0n) is 35.8. The summed E-state index contributed by atoms with van der Waals surface area (Å²) in [5.74, 6) is -10.3. The molecule has 1 amide bonds. The van der Waals surface area contributed by atoms with E-state index in [-0.39, 0.29) is 80.8 Å². The zero-order chi connectivity index (χ0) is 49.3. The van der Waals surface area contributed by atoms with E-state index in [9.17, 15) is 56.8 Å². The van der Waals surface area contributed by atoms with E-state index < -0.39 is 131 Å². The number of hydrogen-bond donors (Lipinski definition) is 2. The van der Waals surface area contributed by atoms with Crippen LogP contribution < -0.4 is 10.0 Å². The molecule has 0 saturated heterocycles. The fourth-order valence-electron chi connectivity index (χ4n) is 9.15. The minimum Gasteiger partial charge on any atom is -0.346 e. The highest BCUT2D eigenvalue weighted by Gasteiger charge is 2.68. The van der Waals surface area contributed by atoms with Crippen LogP contribution in [0.1, 0.15) is 98.2 Å². The van der Waals surface area contributed by atoms with Crippen molar-refractivity contribution in [1.82, 2.24) is 29.9 Å². The van der Waals surface area contributed by atoms with Gasteiger partial charge in [0.2, 0.25) is 15.9 Å². The van der Waals surface area contributed by atoms with Gasteiger partial charge in [-0.15, -0.1) is 0 Å². The minimum absolute atomic E-state index is 0.0139. The van der Waals surface area contributed by atoms with Crippen molar-refractivity contribution < 1.29 is 65.5 Å². The molecule has 3 atom stereocenters. The van der Waals surface area contributed by atoms with Crippen LogP contribution in [-0.2, 0) is 62.7 Å². The van der Waals surface area contributed by atoms with Crippen LogP contribution in [0.2, 0.25) is 5.02 Å². The van der Waals surface area contributed by atoms with Crippen molar-refractivity contribution in [1.29, 1.82) is 0 Å². The summed E-state index contributed by atoms with van der Waals surface area (Å²) < 4.78 is 201. The number of fused-ring (bicyclic) bond motifs is 4. The number of sulfonamides is 1. The predicted molar refractivity (Wildman–Crippen MR) is 227 cm³/mol. The van der Waals surface area contributed by atoms with Gasteiger partial charge in [-0.1, -0.05) is 23.7 Å². The van der Waals surface area contributed by atoms with Crippen LogP contribution in [0.4, 0.5) is 49.7 Å². The molecular weight excluding hydrogens is 984 g/mol. The summed E-state index contributed by atoms with van der Waals surface area (Å²) in [5.41, 5.74) is -4.28. The number of pyridine rings is 1. The molecule has 0 radical (unpaired) electrons. The Hall–Kier alpha value is -4.97. The molecule has 2 N–H and O–H groups in total. The third-order valence-corrected chi connectivity index (χ3v) is 18.1. The van der Waals surface area contributed by atoms with Gasteiger partial charge < -0.3 is 5.32 Å². The second-order valence-corrected chi connectivity index (χ2v) is 23.7. The maximum absolute atomic E-state index is 15.6. The second kappa shape index (κ2) is 16.3. The quantitative estimate of drug-likeness (QED) is 0.0927. The summed E-state index contributed by atoms with van der Waals surface area (Å²) in [7, 11) is -7.80. The molecule has 3 saturated carbocycles. The molecule has 1 unspecified atom stereocenters. The summed E-state index contributed by atoms with van der Waals surface area (Å²) in [6.45, 7) is 0.0538. The number of aryl methyl sites for hydroxylation is 1. The van der Waals surface area contributed by atoms with Crippen LogP contribution >= 0.6 is 11.6 Å². The number of aromatic nitrogens is 5. The highest BCUT2D eigenvalue weighted by molar-refractivity contribution is 7.93. The van der Waals surface area contributed by atoms with Crippen molar-refractivity contribution in [2.75, 3.05) is 4.72 Å². The molecule has 366 valence electrons. The molecule has 9 rings (SSSR count). The number of carbonyl (C=O) groups excluding carboxylic acids is 1. The number of carbonyl (C=O) groups is 1. The third kappa shape index (κ3) is 9.03. The fraction of sp³-hybridized carbons (Fsp3) is 0.488. The smallest absolute Gasteiger partial charge is 0.346 e. The largest absolute Gasteiger partial charge is 0.435 e. The van der Waals surface area contributed by atoms with Crippen molar-refractivity contribution in [3.05, 3.63) is 93.0 Å². The minimum atomic E-state index is -5.17. The number of amides is 1. The fourth-order valence-corrected chi connectivity index (χ4v) is 12.8. The van der Waals surface area contributed by atoms with E-state index in [0.29, 0.717) is 23.6 Å². The Morgan fingerprint density at radius 1 is 0.897 bits per heavy atom. The number of benzene rings is 2. The van der Waals surface area contributed by atoms with Gasteiger partial charge in [0.1, 0.15) is 30.4 Å². The molecule has 12 nitrogen and oxygen atoms in total. The molecule has 3 fully saturated rings. The third-order valence-electron chi connectivity index (χ3n) is 12.9. The molecule has 0 spiro atoms. The first-order chi connectivity index (χ1) is 31.6. The summed E-state index contributed by atoms with van der Waals surface area (Å²) in [5, 5.41) is 8.03. The molecule has 4 aliphatic rings. The lowest BCUT2D eigenvalue weighted by Gasteiger charge is -2.26. The number of halogens is 11. The molecular formula is C43H40ClF10N7O5S2. The number of hydrogen-bond acceptors (Lipinski definition) is 8. The van der Waals surface area contributed by atoms with Gasteiger partial charge in [-0.3, -0.25) is 23.9 Å². The first-order valence-corrected chi connectivity index (χ1v) is 24.8. The van der Waals surface area contributed by atoms with Gasteiger partial charge in [-0.25, -0.2) is 25.6 Å². The summed E-state index contributed by atoms with van der Waals surface area (Å²) >= 11 is 6.60. The summed E-state index contributed by atoms with van der Waals surface area (Å²) in [6.07, 6.45) is -9.51. The summed E-state index contributed by atoms with van der Waals surface area (Å²) in [4.78, 5) is 18.9. The van der Waals surface area contributed by atoms with E-state index >= 15 is 8.78 Å². The lowest BCUT2D eigenvalue weighted by Crippen LogP contribution is -2.36. The molecule has 68 heavy (non-hydrogen) atoms. The topological polar surface area (TPSA) is 158 Å². The highest BCUT2D eigenvalue weighted by atomic mass is 35.5. The monoisotopic (exact) mass is 1020 g/mol. The van der Waals surface area contributed by atoms with Gasteiger partial charge in [0.25, 0.3) is 5.92 Å². The van der Waals surface area contributed by atoms with Gasteiger partial charge in [-0.05, 0) is 101 Å². The van der Waals surface area contributed by atoms with E-state index in [1.807, 2.05) is 0 Å². The lowest BCUT2D eigenvalue weighted by molar-refractivity contribution is -0.142. The molecule has 2 aromatic carbocycles. The molecule has 0 aliphatic heterocycles. The molecule has 4 aliphatic carbocycles. The van der Waals surface area contributed by atoms with E-state index in [1.165, 1.54) is 38.1 Å². The molecule has 5 aromatic rings. The van der Waals surface area contributed by atoms with Gasteiger partial charge in [0.05, 0.1) is 42.9 Å². The SMILES string of the molecule is CC(C)(CCc1ccc(-c2ccc(Cl)c3c(NS(=O)(=O)C4CC4)nn(CC(F)(F)F)c23)c([C@H](Cc2cc(F)cc(F)c2)NC(=O)Cn2nc(C(F)(F)F)c3c2C(F)(F)[C@@H]2CC32)n1)S(=O)(=O)C1CC1. The average molecular weight is 1020 g/mol. The van der Waals surface area contributed by atoms with E-state index in [4.69, 9.17) is 16.6 Å². The van der Waals surface area contributed by atoms with Crippen LogP contribution in [0.15, 0.2) is 42.5 Å². The van der Waals surface area contributed by atoms with Gasteiger partial charge in [0, 0.05) is 34.4 Å². The second-order valence-electron chi connectivity index (χ2n) is 18.5. The lowest BCUT2D eigenvalue weighted by atomic mass is 9.93. The number of anilines is 1. The number of rotatable bonds is 16. The van der Waals surface area contributed by atoms with Gasteiger partial charge in [0.15, 0.2) is 21.3 Å². The Morgan fingerprint density at radius 3 is 2.16 bits per heavy atom. The maximum Gasteiger partial charge on any atom is 0.435 e. The first-order valence-electron chi connectivity index (χ1n) is 21.4. The number of nitrogens with one attached hydrogen (secondary N) is 2. The van der Waals surface area contributed by atoms with Crippen LogP contribution in [-0.4, -0.2) is 68.7 Å². The molecule has 3 heterocycles. The Bertz CT molecular complexity index is 3090. The molecule has 25 heteroatoms. The maximum atomic E-state index is 15.6.